The molecule has 3 saturated heterocycles. The van der Waals surface area contributed by atoms with Crippen LogP contribution in [0.3, 0.4) is 0 Å². The largest absolute Gasteiger partial charge is 0.492 e. The summed E-state index contributed by atoms with van der Waals surface area (Å²) < 4.78 is 65.3. The molecule has 4 aliphatic heterocycles. The molecule has 10 rings (SSSR count). The van der Waals surface area contributed by atoms with Gasteiger partial charge in [-0.05, 0) is 98.6 Å². The van der Waals surface area contributed by atoms with Crippen LogP contribution in [0.2, 0.25) is 0 Å². The van der Waals surface area contributed by atoms with Crippen molar-refractivity contribution < 1.29 is 41.3 Å². The van der Waals surface area contributed by atoms with Crippen LogP contribution in [0.15, 0.2) is 70.9 Å². The number of amides is 2. The van der Waals surface area contributed by atoms with E-state index in [1.165, 1.54) is 18.5 Å². The summed E-state index contributed by atoms with van der Waals surface area (Å²) >= 11 is 0. The monoisotopic (exact) mass is 1220 g/mol. The zero-order valence-corrected chi connectivity index (χ0v) is 52.7. The molecule has 3 N–H and O–H groups in total. The van der Waals surface area contributed by atoms with E-state index < -0.39 is 31.7 Å². The number of halogens is 1. The number of aryl methyl sites for hydroxylation is 1. The van der Waals surface area contributed by atoms with Crippen molar-refractivity contribution >= 4 is 56.0 Å². The molecule has 0 bridgehead atoms. The Labute approximate surface area is 508 Å². The molecular weight excluding hydrogens is 1140 g/mol. The van der Waals surface area contributed by atoms with Crippen LogP contribution in [0.1, 0.15) is 96.8 Å². The Morgan fingerprint density at radius 2 is 1.64 bits per heavy atom. The van der Waals surface area contributed by atoms with Gasteiger partial charge in [-0.25, -0.2) is 37.5 Å². The molecule has 4 aliphatic rings. The van der Waals surface area contributed by atoms with Gasteiger partial charge >= 0.3 is 6.09 Å². The standard InChI is InChI=1S/C62H83FN14O9S/c1-39-31-75(35-53(78)77-37-62(10,11)54-50(77)26-43(57(79)68-54)25-42-13-15-44(63)16-14-42)45(33-76(39)59(80)86-60(4,5)6)32-73-22-24-83-47(34-73)36-85-46-29-64-58(65-30-46)74-20-18-72(19-21-74)17-12-23-84-51-28-49-48(27-52(51)87(81,82)61(7,8)9)56(67-38-66-49)69-55-40(2)41(3)70-71-55/h13-16,26-30,38-39,45,47H,12,17-25,31-37H2,1-11H3,(H,68,79)(H2,66,67,69,70,71)/t39-,45+,47-/m1/s1. The Hall–Kier alpha value is -7.32. The zero-order chi connectivity index (χ0) is 62.2. The average molecular weight is 1220 g/mol. The van der Waals surface area contributed by atoms with Crippen LogP contribution >= 0.6 is 0 Å². The highest BCUT2D eigenvalue weighted by Crippen LogP contribution is 2.40. The summed E-state index contributed by atoms with van der Waals surface area (Å²) in [7, 11) is -3.84. The Balaban J connectivity index is 0.719. The molecule has 4 aromatic heterocycles. The first-order valence-corrected chi connectivity index (χ1v) is 31.4. The average Bonchev–Trinajstić information content (AvgIpc) is 1.99. The molecule has 0 radical (unpaired) electrons. The van der Waals surface area contributed by atoms with E-state index in [1.807, 2.05) is 55.4 Å². The number of anilines is 4. The second kappa shape index (κ2) is 25.4. The molecule has 0 spiro atoms. The van der Waals surface area contributed by atoms with Crippen molar-refractivity contribution in [3.05, 3.63) is 105 Å². The lowest BCUT2D eigenvalue weighted by atomic mass is 9.91. The van der Waals surface area contributed by atoms with Crippen LogP contribution in [0.5, 0.6) is 11.5 Å². The van der Waals surface area contributed by atoms with Gasteiger partial charge in [-0.3, -0.25) is 29.4 Å². The molecule has 3 fully saturated rings. The minimum Gasteiger partial charge on any atom is -0.492 e. The van der Waals surface area contributed by atoms with Crippen molar-refractivity contribution in [2.75, 3.05) is 113 Å². The van der Waals surface area contributed by atoms with Gasteiger partial charge in [0.15, 0.2) is 15.6 Å². The number of aromatic nitrogens is 7. The number of hydrogen-bond donors (Lipinski definition) is 3. The van der Waals surface area contributed by atoms with Gasteiger partial charge in [0.05, 0.1) is 53.8 Å². The van der Waals surface area contributed by atoms with E-state index in [4.69, 9.17) is 18.9 Å². The van der Waals surface area contributed by atoms with Crippen molar-refractivity contribution in [1.29, 1.82) is 0 Å². The molecule has 2 amide bonds. The molecule has 8 heterocycles. The van der Waals surface area contributed by atoms with E-state index in [0.29, 0.717) is 123 Å². The van der Waals surface area contributed by atoms with Crippen LogP contribution in [0.4, 0.5) is 32.5 Å². The summed E-state index contributed by atoms with van der Waals surface area (Å²) in [5.74, 6) is 2.02. The zero-order valence-electron chi connectivity index (χ0n) is 51.9. The number of nitrogens with zero attached hydrogens (tertiary/aromatic N) is 11. The van der Waals surface area contributed by atoms with Gasteiger partial charge in [0.1, 0.15) is 52.7 Å². The van der Waals surface area contributed by atoms with Crippen molar-refractivity contribution in [3.8, 4) is 11.5 Å². The van der Waals surface area contributed by atoms with Gasteiger partial charge in [-0.2, -0.15) is 5.10 Å². The predicted octanol–water partition coefficient (Wildman–Crippen LogP) is 6.80. The Morgan fingerprint density at radius 1 is 0.908 bits per heavy atom. The van der Waals surface area contributed by atoms with Crippen LogP contribution in [-0.4, -0.2) is 202 Å². The first kappa shape index (κ1) is 62.7. The van der Waals surface area contributed by atoms with E-state index in [2.05, 4.69) is 60.0 Å². The Morgan fingerprint density at radius 3 is 2.33 bits per heavy atom. The number of fused-ring (bicyclic) bond motifs is 2. The molecular formula is C62H83FN14O9S. The van der Waals surface area contributed by atoms with Crippen LogP contribution in [0, 0.1) is 19.7 Å². The minimum atomic E-state index is -3.84. The highest BCUT2D eigenvalue weighted by Gasteiger charge is 2.43. The fourth-order valence-corrected chi connectivity index (χ4v) is 12.9. The number of benzene rings is 2. The van der Waals surface area contributed by atoms with E-state index in [0.717, 1.165) is 36.5 Å². The Kier molecular flexibility index (Phi) is 18.3. The second-order valence-corrected chi connectivity index (χ2v) is 28.7. The number of H-pyrrole nitrogens is 2. The summed E-state index contributed by atoms with van der Waals surface area (Å²) in [6.07, 6.45) is 5.09. The molecule has 468 valence electrons. The number of sulfone groups is 1. The van der Waals surface area contributed by atoms with Gasteiger partial charge in [0.2, 0.25) is 11.9 Å². The number of rotatable bonds is 18. The first-order valence-electron chi connectivity index (χ1n) is 30.0. The molecule has 0 unspecified atom stereocenters. The van der Waals surface area contributed by atoms with E-state index in [1.54, 1.807) is 73.3 Å². The first-order chi connectivity index (χ1) is 41.2. The SMILES string of the molecule is Cc1n[nH]c(Nc2ncnc3cc(OCCCN4CCN(c5ncc(OC[C@H]6CN(C[C@H]7CN(C(=O)OC(C)(C)C)[C@H](C)CN7CC(=O)N7CC(C)(C)c8[nH]c(=O)c(Cc9ccc(F)cc9)cc87)CCO6)cn5)CC4)c(S(=O)(=O)C(C)(C)C)cc23)c1C. The lowest BCUT2D eigenvalue weighted by Gasteiger charge is -2.47. The van der Waals surface area contributed by atoms with Gasteiger partial charge in [-0.15, -0.1) is 0 Å². The summed E-state index contributed by atoms with van der Waals surface area (Å²) in [6, 6.07) is 10.7. The maximum atomic E-state index is 14.7. The third-order valence-corrected chi connectivity index (χ3v) is 19.2. The maximum Gasteiger partial charge on any atom is 0.410 e. The molecule has 0 aliphatic carbocycles. The maximum absolute atomic E-state index is 14.7. The third kappa shape index (κ3) is 14.5. The highest BCUT2D eigenvalue weighted by atomic mass is 32.2. The quantitative estimate of drug-likeness (QED) is 0.0749. The Bertz CT molecular complexity index is 3620. The fraction of sp³-hybridized carbons (Fsp3) is 0.548. The van der Waals surface area contributed by atoms with E-state index in [9.17, 15) is 27.2 Å². The van der Waals surface area contributed by atoms with E-state index in [-0.39, 0.29) is 65.7 Å². The lowest BCUT2D eigenvalue weighted by Crippen LogP contribution is -2.64. The number of carbonyl (C=O) groups excluding carboxylic acids is 2. The molecule has 6 aromatic rings. The topological polar surface area (TPSA) is 250 Å². The number of hydrogen-bond acceptors (Lipinski definition) is 19. The van der Waals surface area contributed by atoms with Gasteiger partial charge < -0.3 is 43.9 Å². The van der Waals surface area contributed by atoms with Gasteiger partial charge in [0.25, 0.3) is 5.56 Å². The molecule has 2 aromatic carbocycles. The third-order valence-electron chi connectivity index (χ3n) is 16.7. The smallest absolute Gasteiger partial charge is 0.410 e. The number of pyridine rings is 1. The highest BCUT2D eigenvalue weighted by molar-refractivity contribution is 7.92. The minimum absolute atomic E-state index is 0.0847. The molecule has 25 heteroatoms. The van der Waals surface area contributed by atoms with Gasteiger partial charge in [-0.1, -0.05) is 26.0 Å². The number of ether oxygens (including phenoxy) is 4. The molecule has 3 atom stereocenters. The lowest BCUT2D eigenvalue weighted by molar-refractivity contribution is -0.122. The van der Waals surface area contributed by atoms with Crippen molar-refractivity contribution in [2.45, 2.75) is 128 Å². The van der Waals surface area contributed by atoms with Gasteiger partial charge in [0, 0.05) is 124 Å². The van der Waals surface area contributed by atoms with Crippen LogP contribution < -0.4 is 30.1 Å². The predicted molar refractivity (Wildman–Crippen MR) is 330 cm³/mol. The summed E-state index contributed by atoms with van der Waals surface area (Å²) in [5, 5.41) is 11.1. The second-order valence-electron chi connectivity index (χ2n) is 26.0. The number of carbonyl (C=O) groups is 2. The van der Waals surface area contributed by atoms with Crippen molar-refractivity contribution in [1.82, 2.24) is 54.7 Å². The summed E-state index contributed by atoms with van der Waals surface area (Å²) in [4.78, 5) is 75.7. The number of aromatic amines is 2. The van der Waals surface area contributed by atoms with E-state index >= 15 is 0 Å². The fourth-order valence-electron chi connectivity index (χ4n) is 11.6. The summed E-state index contributed by atoms with van der Waals surface area (Å²) in [6.45, 7) is 28.2. The number of nitrogens with one attached hydrogen (secondary N) is 3. The number of piperazine rings is 2. The normalized spacial score (nSPS) is 19.8. The van der Waals surface area contributed by atoms with Crippen molar-refractivity contribution in [3.63, 3.8) is 0 Å². The molecule has 87 heavy (non-hydrogen) atoms. The number of morpholine rings is 1. The molecule has 23 nitrogen and oxygen atoms in total. The van der Waals surface area contributed by atoms with Crippen LogP contribution in [-0.2, 0) is 35.9 Å². The summed E-state index contributed by atoms with van der Waals surface area (Å²) in [5.41, 5.74) is 3.49. The van der Waals surface area contributed by atoms with Crippen molar-refractivity contribution in [2.24, 2.45) is 0 Å². The molecule has 0 saturated carbocycles. The van der Waals surface area contributed by atoms with Crippen LogP contribution in [0.25, 0.3) is 10.9 Å².